The molecule has 0 radical (unpaired) electrons. The van der Waals surface area contributed by atoms with Gasteiger partial charge in [0.25, 0.3) is 5.91 Å². The van der Waals surface area contributed by atoms with Crippen molar-refractivity contribution < 1.29 is 4.79 Å². The molecular weight excluding hydrogens is 448 g/mol. The number of carbonyl (C=O) groups excluding carboxylic acids is 1. The van der Waals surface area contributed by atoms with E-state index >= 15 is 0 Å². The first-order valence-corrected chi connectivity index (χ1v) is 12.2. The Balaban J connectivity index is 1.54. The van der Waals surface area contributed by atoms with Crippen molar-refractivity contribution in [3.63, 3.8) is 0 Å². The number of fused-ring (bicyclic) bond motifs is 2. The third kappa shape index (κ3) is 3.78. The van der Waals surface area contributed by atoms with Gasteiger partial charge in [-0.2, -0.15) is 5.10 Å². The molecule has 1 aliphatic heterocycles. The van der Waals surface area contributed by atoms with Crippen LogP contribution in [0.2, 0.25) is 0 Å². The van der Waals surface area contributed by atoms with E-state index in [2.05, 4.69) is 69.0 Å². The molecule has 0 saturated heterocycles. The number of aromatic nitrogens is 4. The number of amides is 1. The first-order chi connectivity index (χ1) is 17.6. The van der Waals surface area contributed by atoms with Gasteiger partial charge in [-0.1, -0.05) is 36.4 Å². The molecule has 4 heterocycles. The molecule has 7 nitrogen and oxygen atoms in total. The summed E-state index contributed by atoms with van der Waals surface area (Å²) in [6.45, 7) is 2.27. The van der Waals surface area contributed by atoms with Crippen LogP contribution in [0, 0.1) is 0 Å². The highest BCUT2D eigenvalue weighted by Crippen LogP contribution is 2.38. The summed E-state index contributed by atoms with van der Waals surface area (Å²) in [5, 5.41) is 10.2. The molecule has 180 valence electrons. The van der Waals surface area contributed by atoms with E-state index in [-0.39, 0.29) is 5.91 Å². The van der Waals surface area contributed by atoms with E-state index in [1.54, 1.807) is 6.20 Å². The molecule has 0 atom stereocenters. The van der Waals surface area contributed by atoms with Crippen molar-refractivity contribution in [1.82, 2.24) is 29.5 Å². The number of nitrogens with zero attached hydrogens (tertiary/aromatic N) is 5. The van der Waals surface area contributed by atoms with Crippen molar-refractivity contribution in [1.29, 1.82) is 0 Å². The smallest absolute Gasteiger partial charge is 0.252 e. The van der Waals surface area contributed by atoms with Crippen molar-refractivity contribution in [2.75, 3.05) is 27.2 Å². The summed E-state index contributed by atoms with van der Waals surface area (Å²) in [7, 11) is 4.17. The highest BCUT2D eigenvalue weighted by Gasteiger charge is 2.30. The molecule has 1 aliphatic rings. The molecule has 1 N–H and O–H groups in total. The zero-order chi connectivity index (χ0) is 24.6. The Bertz CT molecular complexity index is 1610. The van der Waals surface area contributed by atoms with Gasteiger partial charge in [-0.05, 0) is 51.3 Å². The van der Waals surface area contributed by atoms with Crippen molar-refractivity contribution >= 4 is 38.9 Å². The van der Waals surface area contributed by atoms with Crippen LogP contribution >= 0.6 is 0 Å². The maximum Gasteiger partial charge on any atom is 0.252 e. The fourth-order valence-corrected chi connectivity index (χ4v) is 5.12. The van der Waals surface area contributed by atoms with Crippen molar-refractivity contribution in [3.8, 4) is 5.69 Å². The van der Waals surface area contributed by atoms with Crippen molar-refractivity contribution in [2.45, 2.75) is 13.0 Å². The molecule has 36 heavy (non-hydrogen) atoms. The Labute approximate surface area is 209 Å². The molecule has 0 bridgehead atoms. The molecule has 7 heteroatoms. The Morgan fingerprint density at radius 1 is 0.972 bits per heavy atom. The minimum Gasteiger partial charge on any atom is -0.348 e. The minimum absolute atomic E-state index is 0.0645. The van der Waals surface area contributed by atoms with E-state index in [1.165, 1.54) is 0 Å². The second-order valence-electron chi connectivity index (χ2n) is 9.42. The van der Waals surface area contributed by atoms with Crippen LogP contribution < -0.4 is 5.32 Å². The second kappa shape index (κ2) is 9.09. The fourth-order valence-electron chi connectivity index (χ4n) is 5.12. The number of hydrogen-bond acceptors (Lipinski definition) is 4. The van der Waals surface area contributed by atoms with Crippen LogP contribution in [0.3, 0.4) is 0 Å². The van der Waals surface area contributed by atoms with Gasteiger partial charge in [0.05, 0.1) is 34.2 Å². The van der Waals surface area contributed by atoms with Gasteiger partial charge in [0.1, 0.15) is 0 Å². The topological polar surface area (TPSA) is 68.0 Å². The largest absolute Gasteiger partial charge is 0.348 e. The second-order valence-corrected chi connectivity index (χ2v) is 9.42. The lowest BCUT2D eigenvalue weighted by atomic mass is 9.98. The Morgan fingerprint density at radius 3 is 2.53 bits per heavy atom. The number of nitrogens with one attached hydrogen (secondary N) is 1. The molecular formula is C29H28N6O. The lowest BCUT2D eigenvalue weighted by Crippen LogP contribution is -2.17. The SMILES string of the molecule is CN(C)CCCn1nc(C2=C(c3cn(-c4cccnc4)c4ccccc34)C(=O)NC2)c2ccccc21. The van der Waals surface area contributed by atoms with Gasteiger partial charge in [-0.3, -0.25) is 14.5 Å². The number of para-hydroxylation sites is 2. The maximum atomic E-state index is 13.3. The standard InChI is InChI=1S/C29H28N6O/c1-33(2)15-8-16-35-26-13-6-4-11-22(26)28(32-35)23-18-31-29(36)27(23)24-19-34(20-9-7-14-30-17-20)25-12-5-3-10-21(24)25/h3-7,9-14,17,19H,8,15-16,18H2,1-2H3,(H,31,36). The fraction of sp³-hybridized carbons (Fsp3) is 0.207. The molecule has 0 aliphatic carbocycles. The molecule has 0 unspecified atom stereocenters. The van der Waals surface area contributed by atoms with E-state index < -0.39 is 0 Å². The molecule has 3 aromatic heterocycles. The first kappa shape index (κ1) is 22.2. The van der Waals surface area contributed by atoms with Crippen LogP contribution in [-0.4, -0.2) is 57.3 Å². The zero-order valence-corrected chi connectivity index (χ0v) is 20.5. The number of carbonyl (C=O) groups is 1. The molecule has 1 amide bonds. The summed E-state index contributed by atoms with van der Waals surface area (Å²) in [5.74, 6) is -0.0645. The van der Waals surface area contributed by atoms with E-state index in [9.17, 15) is 4.79 Å². The first-order valence-electron chi connectivity index (χ1n) is 12.2. The Hall–Kier alpha value is -4.23. The summed E-state index contributed by atoms with van der Waals surface area (Å²) in [6.07, 6.45) is 6.66. The quantitative estimate of drug-likeness (QED) is 0.379. The number of aryl methyl sites for hydroxylation is 1. The van der Waals surface area contributed by atoms with E-state index in [0.29, 0.717) is 12.1 Å². The van der Waals surface area contributed by atoms with Crippen LogP contribution in [0.4, 0.5) is 0 Å². The lowest BCUT2D eigenvalue weighted by Gasteiger charge is -2.09. The minimum atomic E-state index is -0.0645. The summed E-state index contributed by atoms with van der Waals surface area (Å²) < 4.78 is 4.19. The summed E-state index contributed by atoms with van der Waals surface area (Å²) in [4.78, 5) is 19.8. The number of hydrogen-bond donors (Lipinski definition) is 1. The van der Waals surface area contributed by atoms with Gasteiger partial charge >= 0.3 is 0 Å². The van der Waals surface area contributed by atoms with Gasteiger partial charge in [-0.15, -0.1) is 0 Å². The van der Waals surface area contributed by atoms with Crippen LogP contribution in [-0.2, 0) is 11.3 Å². The Kier molecular flexibility index (Phi) is 5.62. The van der Waals surface area contributed by atoms with Gasteiger partial charge in [0.2, 0.25) is 0 Å². The molecule has 6 rings (SSSR count). The molecule has 0 fully saturated rings. The number of benzene rings is 2. The zero-order valence-electron chi connectivity index (χ0n) is 20.5. The van der Waals surface area contributed by atoms with Crippen LogP contribution in [0.1, 0.15) is 17.7 Å². The van der Waals surface area contributed by atoms with E-state index in [1.807, 2.05) is 42.6 Å². The molecule has 5 aromatic rings. The lowest BCUT2D eigenvalue weighted by molar-refractivity contribution is -0.114. The third-order valence-corrected chi connectivity index (χ3v) is 6.78. The maximum absolute atomic E-state index is 13.3. The highest BCUT2D eigenvalue weighted by molar-refractivity contribution is 6.33. The van der Waals surface area contributed by atoms with Crippen molar-refractivity contribution in [2.24, 2.45) is 0 Å². The van der Waals surface area contributed by atoms with Gasteiger partial charge in [0, 0.05) is 47.4 Å². The van der Waals surface area contributed by atoms with E-state index in [4.69, 9.17) is 5.10 Å². The van der Waals surface area contributed by atoms with Crippen molar-refractivity contribution in [3.05, 3.63) is 90.5 Å². The molecule has 2 aromatic carbocycles. The van der Waals surface area contributed by atoms with Crippen LogP contribution in [0.25, 0.3) is 38.6 Å². The van der Waals surface area contributed by atoms with E-state index in [0.717, 1.165) is 63.8 Å². The normalized spacial score (nSPS) is 13.9. The number of rotatable bonds is 7. The van der Waals surface area contributed by atoms with Gasteiger partial charge in [0.15, 0.2) is 0 Å². The summed E-state index contributed by atoms with van der Waals surface area (Å²) in [5.41, 5.74) is 6.50. The van der Waals surface area contributed by atoms with Gasteiger partial charge in [-0.25, -0.2) is 0 Å². The average molecular weight is 477 g/mol. The predicted octanol–water partition coefficient (Wildman–Crippen LogP) is 4.37. The van der Waals surface area contributed by atoms with Crippen LogP contribution in [0.5, 0.6) is 0 Å². The van der Waals surface area contributed by atoms with Gasteiger partial charge < -0.3 is 14.8 Å². The average Bonchev–Trinajstić information content (AvgIpc) is 3.57. The van der Waals surface area contributed by atoms with Crippen LogP contribution in [0.15, 0.2) is 79.3 Å². The number of pyridine rings is 1. The highest BCUT2D eigenvalue weighted by atomic mass is 16.1. The third-order valence-electron chi connectivity index (χ3n) is 6.78. The molecule has 0 saturated carbocycles. The Morgan fingerprint density at radius 2 is 1.75 bits per heavy atom. The summed E-state index contributed by atoms with van der Waals surface area (Å²) in [6, 6.07) is 20.4. The molecule has 0 spiro atoms. The predicted molar refractivity (Wildman–Crippen MR) is 144 cm³/mol. The summed E-state index contributed by atoms with van der Waals surface area (Å²) >= 11 is 0. The monoisotopic (exact) mass is 476 g/mol.